The Bertz CT molecular complexity index is 1210. The fourth-order valence-corrected chi connectivity index (χ4v) is 4.87. The minimum atomic E-state index is 0.530. The van der Waals surface area contributed by atoms with Crippen molar-refractivity contribution >= 4 is 52.3 Å². The zero-order chi connectivity index (χ0) is 23.7. The number of methoxy groups -OCH3 is 1. The van der Waals surface area contributed by atoms with E-state index in [4.69, 9.17) is 32.9 Å². The van der Waals surface area contributed by atoms with E-state index in [1.165, 1.54) is 0 Å². The molecule has 5 rings (SSSR count). The minimum absolute atomic E-state index is 0.530. The molecular weight excluding hydrogens is 471 g/mol. The third kappa shape index (κ3) is 4.64. The van der Waals surface area contributed by atoms with Crippen molar-refractivity contribution in [3.05, 3.63) is 70.1 Å². The summed E-state index contributed by atoms with van der Waals surface area (Å²) in [5.74, 6) is 1.36. The molecule has 0 unspecified atom stereocenters. The first-order valence-electron chi connectivity index (χ1n) is 11.1. The lowest BCUT2D eigenvalue weighted by Crippen LogP contribution is -2.44. The summed E-state index contributed by atoms with van der Waals surface area (Å²) in [6.45, 7) is 4.63. The Hall–Kier alpha value is -3.00. The molecule has 7 nitrogen and oxygen atoms in total. The molecule has 0 radical (unpaired) electrons. The molecule has 0 aliphatic carbocycles. The van der Waals surface area contributed by atoms with Crippen LogP contribution in [0.15, 0.2) is 48.8 Å². The maximum absolute atomic E-state index is 6.38. The molecule has 1 fully saturated rings. The Morgan fingerprint density at radius 3 is 2.53 bits per heavy atom. The summed E-state index contributed by atoms with van der Waals surface area (Å²) in [6.07, 6.45) is 5.73. The molecule has 2 aromatic carbocycles. The number of fused-ring (bicyclic) bond motifs is 1. The summed E-state index contributed by atoms with van der Waals surface area (Å²) in [7, 11) is 3.86. The van der Waals surface area contributed by atoms with E-state index in [-0.39, 0.29) is 0 Å². The normalized spacial score (nSPS) is 15.9. The molecule has 3 aromatic rings. The first kappa shape index (κ1) is 22.8. The van der Waals surface area contributed by atoms with Crippen molar-refractivity contribution in [1.29, 1.82) is 0 Å². The highest BCUT2D eigenvalue weighted by atomic mass is 35.5. The molecule has 0 saturated carbocycles. The average Bonchev–Trinajstić information content (AvgIpc) is 2.84. The lowest BCUT2D eigenvalue weighted by molar-refractivity contribution is 0.311. The van der Waals surface area contributed by atoms with Gasteiger partial charge in [-0.05, 0) is 37.4 Å². The third-order valence-corrected chi connectivity index (χ3v) is 6.77. The second-order valence-corrected chi connectivity index (χ2v) is 9.23. The number of benzene rings is 2. The second kappa shape index (κ2) is 9.70. The van der Waals surface area contributed by atoms with Crippen LogP contribution >= 0.6 is 23.2 Å². The van der Waals surface area contributed by atoms with E-state index >= 15 is 0 Å². The number of piperazine rings is 1. The van der Waals surface area contributed by atoms with Crippen molar-refractivity contribution in [2.24, 2.45) is 0 Å². The van der Waals surface area contributed by atoms with E-state index in [1.807, 2.05) is 53.7 Å². The number of rotatable bonds is 5. The minimum Gasteiger partial charge on any atom is -0.495 e. The number of anilines is 4. The van der Waals surface area contributed by atoms with Crippen molar-refractivity contribution in [3.8, 4) is 5.75 Å². The Balaban J connectivity index is 1.33. The third-order valence-electron chi connectivity index (χ3n) is 6.16. The summed E-state index contributed by atoms with van der Waals surface area (Å²) in [5.41, 5.74) is 4.61. The molecule has 0 spiro atoms. The molecule has 2 aliphatic rings. The first-order valence-corrected chi connectivity index (χ1v) is 11.9. The Kier molecular flexibility index (Phi) is 6.50. The summed E-state index contributed by atoms with van der Waals surface area (Å²) in [4.78, 5) is 15.9. The van der Waals surface area contributed by atoms with Gasteiger partial charge in [-0.1, -0.05) is 29.3 Å². The van der Waals surface area contributed by atoms with Crippen molar-refractivity contribution in [1.82, 2.24) is 14.9 Å². The van der Waals surface area contributed by atoms with Crippen LogP contribution < -0.4 is 19.9 Å². The summed E-state index contributed by atoms with van der Waals surface area (Å²) in [5, 5.41) is 4.52. The maximum Gasteiger partial charge on any atom is 0.227 e. The summed E-state index contributed by atoms with van der Waals surface area (Å²) in [6, 6.07) is 11.6. The smallest absolute Gasteiger partial charge is 0.227 e. The van der Waals surface area contributed by atoms with Gasteiger partial charge in [-0.25, -0.2) is 9.97 Å². The van der Waals surface area contributed by atoms with Crippen LogP contribution in [-0.2, 0) is 6.54 Å². The van der Waals surface area contributed by atoms with Crippen molar-refractivity contribution < 1.29 is 4.74 Å². The monoisotopic (exact) mass is 496 g/mol. The SMILES string of the molecule is COc1cc(Nc2ncc3c(n2)C=CN(c2c(Cl)cccc2Cl)C3)ccc1N1CCN(C)CC1. The lowest BCUT2D eigenvalue weighted by atomic mass is 10.1. The number of aromatic nitrogens is 2. The van der Waals surface area contributed by atoms with E-state index in [2.05, 4.69) is 33.2 Å². The fourth-order valence-electron chi connectivity index (χ4n) is 4.25. The molecule has 0 bridgehead atoms. The van der Waals surface area contributed by atoms with E-state index in [9.17, 15) is 0 Å². The maximum atomic E-state index is 6.38. The molecule has 176 valence electrons. The predicted octanol–water partition coefficient (Wildman–Crippen LogP) is 5.28. The zero-order valence-electron chi connectivity index (χ0n) is 19.1. The van der Waals surface area contributed by atoms with Gasteiger partial charge in [0.15, 0.2) is 0 Å². The summed E-state index contributed by atoms with van der Waals surface area (Å²) < 4.78 is 5.69. The highest BCUT2D eigenvalue weighted by Gasteiger charge is 2.20. The van der Waals surface area contributed by atoms with Crippen molar-refractivity contribution in [2.45, 2.75) is 6.54 Å². The number of nitrogens with zero attached hydrogens (tertiary/aromatic N) is 5. The van der Waals surface area contributed by atoms with Crippen LogP contribution in [0.25, 0.3) is 6.08 Å². The molecule has 1 N–H and O–H groups in total. The molecule has 9 heteroatoms. The Morgan fingerprint density at radius 2 is 1.79 bits per heavy atom. The van der Waals surface area contributed by atoms with Gasteiger partial charge in [0.25, 0.3) is 0 Å². The number of hydrogen-bond donors (Lipinski definition) is 1. The number of likely N-dealkylation sites (N-methyl/N-ethyl adjacent to an activating group) is 1. The largest absolute Gasteiger partial charge is 0.495 e. The number of para-hydroxylation sites is 1. The van der Waals surface area contributed by atoms with E-state index in [0.717, 1.165) is 60.2 Å². The van der Waals surface area contributed by atoms with Crippen molar-refractivity contribution in [2.75, 3.05) is 55.5 Å². The van der Waals surface area contributed by atoms with Gasteiger partial charge < -0.3 is 24.8 Å². The van der Waals surface area contributed by atoms with Gasteiger partial charge in [0.2, 0.25) is 5.95 Å². The molecule has 3 heterocycles. The predicted molar refractivity (Wildman–Crippen MR) is 140 cm³/mol. The lowest BCUT2D eigenvalue weighted by Gasteiger charge is -2.34. The standard InChI is InChI=1S/C25H26Cl2N6O/c1-31-10-12-32(13-11-31)22-7-6-18(14-23(22)34-2)29-25-28-15-17-16-33(9-8-21(17)30-25)24-19(26)4-3-5-20(24)27/h3-9,14-15H,10-13,16H2,1-2H3,(H,28,29,30). The Morgan fingerprint density at radius 1 is 1.03 bits per heavy atom. The van der Waals surface area contributed by atoms with Gasteiger partial charge >= 0.3 is 0 Å². The molecule has 1 saturated heterocycles. The highest BCUT2D eigenvalue weighted by molar-refractivity contribution is 6.39. The van der Waals surface area contributed by atoms with E-state index < -0.39 is 0 Å². The molecule has 1 aromatic heterocycles. The van der Waals surface area contributed by atoms with Crippen LogP contribution in [0.2, 0.25) is 10.0 Å². The van der Waals surface area contributed by atoms with Gasteiger partial charge in [-0.15, -0.1) is 0 Å². The zero-order valence-corrected chi connectivity index (χ0v) is 20.6. The topological polar surface area (TPSA) is 56.8 Å². The first-order chi connectivity index (χ1) is 16.5. The van der Waals surface area contributed by atoms with Gasteiger partial charge in [0, 0.05) is 55.9 Å². The molecule has 2 aliphatic heterocycles. The number of ether oxygens (including phenoxy) is 1. The van der Waals surface area contributed by atoms with Gasteiger partial charge in [-0.3, -0.25) is 0 Å². The van der Waals surface area contributed by atoms with Crippen LogP contribution in [0.3, 0.4) is 0 Å². The number of hydrogen-bond acceptors (Lipinski definition) is 7. The number of halogens is 2. The van der Waals surface area contributed by atoms with E-state index in [0.29, 0.717) is 22.5 Å². The molecular formula is C25H26Cl2N6O. The Labute approximate surface area is 209 Å². The summed E-state index contributed by atoms with van der Waals surface area (Å²) >= 11 is 12.8. The average molecular weight is 497 g/mol. The van der Waals surface area contributed by atoms with Crippen LogP contribution in [-0.4, -0.2) is 55.2 Å². The molecule has 0 amide bonds. The van der Waals surface area contributed by atoms with E-state index in [1.54, 1.807) is 7.11 Å². The molecule has 0 atom stereocenters. The van der Waals surface area contributed by atoms with Crippen LogP contribution in [0.1, 0.15) is 11.3 Å². The van der Waals surface area contributed by atoms with Gasteiger partial charge in [0.1, 0.15) is 5.75 Å². The van der Waals surface area contributed by atoms with Crippen molar-refractivity contribution in [3.63, 3.8) is 0 Å². The quantitative estimate of drug-likeness (QED) is 0.515. The van der Waals surface area contributed by atoms with Crippen LogP contribution in [0, 0.1) is 0 Å². The van der Waals surface area contributed by atoms with Crippen LogP contribution in [0.4, 0.5) is 23.0 Å². The second-order valence-electron chi connectivity index (χ2n) is 8.42. The van der Waals surface area contributed by atoms with Crippen LogP contribution in [0.5, 0.6) is 5.75 Å². The number of nitrogens with one attached hydrogen (secondary N) is 1. The fraction of sp³-hybridized carbons (Fsp3) is 0.280. The highest BCUT2D eigenvalue weighted by Crippen LogP contribution is 2.37. The van der Waals surface area contributed by atoms with Gasteiger partial charge in [-0.2, -0.15) is 0 Å². The van der Waals surface area contributed by atoms with Gasteiger partial charge in [0.05, 0.1) is 40.8 Å². The molecule has 34 heavy (non-hydrogen) atoms.